The van der Waals surface area contributed by atoms with Crippen molar-refractivity contribution >= 4 is 0 Å². The molecule has 0 saturated carbocycles. The molecule has 0 radical (unpaired) electrons. The molecule has 20 atom stereocenters. The molecule has 4 aliphatic heterocycles. The van der Waals surface area contributed by atoms with Gasteiger partial charge in [-0.15, -0.1) is 0 Å². The van der Waals surface area contributed by atoms with Crippen LogP contribution in [0.3, 0.4) is 0 Å². The van der Waals surface area contributed by atoms with Gasteiger partial charge in [0.2, 0.25) is 0 Å². The average Bonchev–Trinajstić information content (AvgIpc) is 3.02. The van der Waals surface area contributed by atoms with Crippen LogP contribution in [0.2, 0.25) is 0 Å². The molecule has 4 heterocycles. The van der Waals surface area contributed by atoms with Crippen LogP contribution < -0.4 is 0 Å². The smallest absolute Gasteiger partial charge is 0.187 e. The summed E-state index contributed by atoms with van der Waals surface area (Å²) in [6.45, 7) is -3.21. The summed E-state index contributed by atoms with van der Waals surface area (Å²) in [6.07, 6.45) is -35.4. The molecule has 1 unspecified atom stereocenters. The first kappa shape index (κ1) is 37.0. The molecule has 0 aromatic carbocycles. The van der Waals surface area contributed by atoms with E-state index in [9.17, 15) is 71.5 Å². The normalized spacial score (nSPS) is 52.9. The van der Waals surface area contributed by atoms with Crippen molar-refractivity contribution in [2.75, 3.05) is 26.4 Å². The maximum atomic E-state index is 11.0. The van der Waals surface area contributed by atoms with Gasteiger partial charge in [-0.2, -0.15) is 0 Å². The maximum Gasteiger partial charge on any atom is 0.187 e. The van der Waals surface area contributed by atoms with E-state index in [1.54, 1.807) is 0 Å². The molecule has 21 nitrogen and oxygen atoms in total. The highest BCUT2D eigenvalue weighted by atomic mass is 16.8. The van der Waals surface area contributed by atoms with Crippen LogP contribution >= 0.6 is 0 Å². The van der Waals surface area contributed by atoms with Crippen molar-refractivity contribution in [1.29, 1.82) is 0 Å². The van der Waals surface area contributed by atoms with Crippen molar-refractivity contribution in [3.05, 3.63) is 0 Å². The highest BCUT2D eigenvalue weighted by Gasteiger charge is 2.54. The summed E-state index contributed by atoms with van der Waals surface area (Å²) in [7, 11) is 0. The lowest BCUT2D eigenvalue weighted by Crippen LogP contribution is -2.67. The van der Waals surface area contributed by atoms with Crippen LogP contribution in [0, 0.1) is 0 Å². The van der Waals surface area contributed by atoms with Gasteiger partial charge in [0.05, 0.1) is 26.4 Å². The fraction of sp³-hybridized carbons (Fsp3) is 1.00. The molecule has 0 aromatic heterocycles. The highest BCUT2D eigenvalue weighted by molar-refractivity contribution is 4.97. The number of aliphatic hydroxyl groups is 14. The minimum atomic E-state index is -2.02. The fourth-order valence-electron chi connectivity index (χ4n) is 5.43. The Kier molecular flexibility index (Phi) is 12.8. The minimum absolute atomic E-state index is 0.666. The van der Waals surface area contributed by atoms with Gasteiger partial charge in [-0.1, -0.05) is 0 Å². The molecule has 21 heteroatoms. The zero-order valence-corrected chi connectivity index (χ0v) is 23.5. The second kappa shape index (κ2) is 15.6. The van der Waals surface area contributed by atoms with E-state index in [-0.39, 0.29) is 0 Å². The largest absolute Gasteiger partial charge is 0.394 e. The van der Waals surface area contributed by atoms with Crippen LogP contribution in [0.25, 0.3) is 0 Å². The number of ether oxygens (including phenoxy) is 7. The summed E-state index contributed by atoms with van der Waals surface area (Å²) in [5.41, 5.74) is 0. The third-order valence-electron chi connectivity index (χ3n) is 8.19. The van der Waals surface area contributed by atoms with Crippen molar-refractivity contribution in [2.45, 2.75) is 123 Å². The van der Waals surface area contributed by atoms with Crippen LogP contribution in [0.1, 0.15) is 0 Å². The molecule has 0 amide bonds. The third-order valence-corrected chi connectivity index (χ3v) is 8.19. The summed E-state index contributed by atoms with van der Waals surface area (Å²) in [6, 6.07) is 0. The molecule has 4 rings (SSSR count). The molecule has 0 spiro atoms. The van der Waals surface area contributed by atoms with E-state index in [0.29, 0.717) is 0 Å². The predicted octanol–water partition coefficient (Wildman–Crippen LogP) is -9.75. The van der Waals surface area contributed by atoms with Gasteiger partial charge in [0, 0.05) is 0 Å². The quantitative estimate of drug-likeness (QED) is 0.103. The first-order valence-corrected chi connectivity index (χ1v) is 14.1. The van der Waals surface area contributed by atoms with Gasteiger partial charge in [0.1, 0.15) is 97.7 Å². The monoisotopic (exact) mass is 666 g/mol. The molecule has 45 heavy (non-hydrogen) atoms. The number of hydrogen-bond acceptors (Lipinski definition) is 21. The molecular weight excluding hydrogens is 624 g/mol. The van der Waals surface area contributed by atoms with E-state index in [1.807, 2.05) is 0 Å². The van der Waals surface area contributed by atoms with E-state index < -0.39 is 149 Å². The van der Waals surface area contributed by atoms with Crippen molar-refractivity contribution < 1.29 is 105 Å². The van der Waals surface area contributed by atoms with Crippen LogP contribution in [0.5, 0.6) is 0 Å². The van der Waals surface area contributed by atoms with E-state index >= 15 is 0 Å². The Morgan fingerprint density at radius 3 is 1.29 bits per heavy atom. The number of rotatable bonds is 10. The lowest BCUT2D eigenvalue weighted by molar-refractivity contribution is -0.382. The Morgan fingerprint density at radius 2 is 0.778 bits per heavy atom. The van der Waals surface area contributed by atoms with Gasteiger partial charge in [-0.05, 0) is 0 Å². The van der Waals surface area contributed by atoms with E-state index in [4.69, 9.17) is 33.2 Å². The first-order valence-electron chi connectivity index (χ1n) is 14.1. The molecule has 0 aromatic rings. The van der Waals surface area contributed by atoms with Gasteiger partial charge < -0.3 is 105 Å². The summed E-state index contributed by atoms with van der Waals surface area (Å²) in [4.78, 5) is 0. The summed E-state index contributed by atoms with van der Waals surface area (Å²) in [5.74, 6) is 0. The van der Waals surface area contributed by atoms with Gasteiger partial charge >= 0.3 is 0 Å². The van der Waals surface area contributed by atoms with Gasteiger partial charge in [-0.25, -0.2) is 0 Å². The molecule has 4 aliphatic rings. The molecule has 0 aliphatic carbocycles. The second-order valence-electron chi connectivity index (χ2n) is 11.2. The van der Waals surface area contributed by atoms with Gasteiger partial charge in [0.25, 0.3) is 0 Å². The van der Waals surface area contributed by atoms with Gasteiger partial charge in [0.15, 0.2) is 25.2 Å². The van der Waals surface area contributed by atoms with E-state index in [0.717, 1.165) is 0 Å². The topological polar surface area (TPSA) is 348 Å². The maximum absolute atomic E-state index is 11.0. The molecule has 264 valence electrons. The summed E-state index contributed by atoms with van der Waals surface area (Å²) in [5, 5.41) is 142. The second-order valence-corrected chi connectivity index (χ2v) is 11.2. The van der Waals surface area contributed by atoms with Gasteiger partial charge in [-0.3, -0.25) is 0 Å². The fourth-order valence-corrected chi connectivity index (χ4v) is 5.43. The third kappa shape index (κ3) is 7.59. The van der Waals surface area contributed by atoms with E-state index in [1.165, 1.54) is 0 Å². The van der Waals surface area contributed by atoms with Crippen LogP contribution in [-0.2, 0) is 33.2 Å². The minimum Gasteiger partial charge on any atom is -0.394 e. The molecule has 4 fully saturated rings. The number of hydrogen-bond donors (Lipinski definition) is 14. The first-order chi connectivity index (χ1) is 21.2. The zero-order valence-electron chi connectivity index (χ0n) is 23.5. The van der Waals surface area contributed by atoms with Crippen molar-refractivity contribution in [1.82, 2.24) is 0 Å². The Hall–Kier alpha value is -0.840. The Balaban J connectivity index is 1.47. The predicted molar refractivity (Wildman–Crippen MR) is 134 cm³/mol. The Labute approximate surface area is 254 Å². The molecule has 14 N–H and O–H groups in total. The Bertz CT molecular complexity index is 916. The lowest BCUT2D eigenvalue weighted by Gasteiger charge is -2.48. The molecule has 4 saturated heterocycles. The zero-order chi connectivity index (χ0) is 33.3. The van der Waals surface area contributed by atoms with Crippen LogP contribution in [-0.4, -0.2) is 221 Å². The highest BCUT2D eigenvalue weighted by Crippen LogP contribution is 2.33. The summed E-state index contributed by atoms with van der Waals surface area (Å²) >= 11 is 0. The molecule has 0 bridgehead atoms. The standard InChI is InChI=1S/C24H42O21/c25-1-5-9(28)14(33)16(35)23(42-5)44-20-12(31)7(3-27)43-24(18(20)37)45-19-11(30)6(2-26)41-22(17(19)36)39-4-8-10(29)13(32)15(34)21(38)40-8/h5-38H,1-4H2/t5-,6-,7-,8-,9-,10-,11-,12-,13+,14+,15-,16-,17-,18-,19+,20+,21?,22+,23-,24-/m1/s1. The number of aliphatic hydroxyl groups excluding tert-OH is 14. The Morgan fingerprint density at radius 1 is 0.378 bits per heavy atom. The van der Waals surface area contributed by atoms with Crippen LogP contribution in [0.4, 0.5) is 0 Å². The van der Waals surface area contributed by atoms with Crippen LogP contribution in [0.15, 0.2) is 0 Å². The van der Waals surface area contributed by atoms with Crippen molar-refractivity contribution in [2.24, 2.45) is 0 Å². The van der Waals surface area contributed by atoms with E-state index in [2.05, 4.69) is 0 Å². The van der Waals surface area contributed by atoms with Crippen molar-refractivity contribution in [3.63, 3.8) is 0 Å². The van der Waals surface area contributed by atoms with Crippen molar-refractivity contribution in [3.8, 4) is 0 Å². The average molecular weight is 667 g/mol. The summed E-state index contributed by atoms with van der Waals surface area (Å²) < 4.78 is 37.6. The molecular formula is C24H42O21. The SMILES string of the molecule is OC[C@H]1O[C@H](O[C@@H]2[C@@H](O)[C@@H](O[C@@H]3[C@@H](O)[C@@H](OC[C@H]4OC(O)[C@H](O)[C@@H](O)[C@@H]4O)O[C@H](CO)[C@H]3O)O[C@H](CO)[C@H]2O)[C@H](O)[C@@H](O)[C@@H]1O. The lowest BCUT2D eigenvalue weighted by atomic mass is 9.96.